The van der Waals surface area contributed by atoms with Crippen LogP contribution in [-0.4, -0.2) is 43.4 Å². The maximum atomic E-state index is 11.8. The van der Waals surface area contributed by atoms with Gasteiger partial charge in [-0.05, 0) is 33.6 Å². The Morgan fingerprint density at radius 2 is 2.30 bits per heavy atom. The summed E-state index contributed by atoms with van der Waals surface area (Å²) in [6, 6.07) is 0. The third kappa shape index (κ3) is 3.12. The minimum atomic E-state index is -0.334. The fourth-order valence-electron chi connectivity index (χ4n) is 2.44. The molecule has 1 aromatic rings. The first kappa shape index (κ1) is 15.3. The molecule has 1 aromatic heterocycles. The Hall–Kier alpha value is -1.14. The smallest absolute Gasteiger partial charge is 0.358 e. The standard InChI is InChI=1S/C14H22N2O3S/c1-5-19-12(17)11-10(2)20-13(15-11)16-8-6-7-14(3,9-16)18-4/h5-9H2,1-4H3. The van der Waals surface area contributed by atoms with Crippen LogP contribution >= 0.6 is 11.3 Å². The number of nitrogens with zero attached hydrogens (tertiary/aromatic N) is 2. The van der Waals surface area contributed by atoms with Crippen LogP contribution in [0.15, 0.2) is 0 Å². The molecule has 0 aliphatic carbocycles. The quantitative estimate of drug-likeness (QED) is 0.800. The Balaban J connectivity index is 2.17. The number of ether oxygens (including phenoxy) is 2. The van der Waals surface area contributed by atoms with E-state index in [0.29, 0.717) is 12.3 Å². The lowest BCUT2D eigenvalue weighted by atomic mass is 9.95. The number of rotatable bonds is 4. The zero-order valence-electron chi connectivity index (χ0n) is 12.6. The van der Waals surface area contributed by atoms with Crippen molar-refractivity contribution in [2.75, 3.05) is 31.7 Å². The molecule has 112 valence electrons. The summed E-state index contributed by atoms with van der Waals surface area (Å²) in [5, 5.41) is 0.883. The van der Waals surface area contributed by atoms with Crippen molar-refractivity contribution in [1.82, 2.24) is 4.98 Å². The number of carbonyl (C=O) groups excluding carboxylic acids is 1. The highest BCUT2D eigenvalue weighted by molar-refractivity contribution is 7.15. The first-order valence-corrected chi connectivity index (χ1v) is 7.75. The predicted octanol–water partition coefficient (Wildman–Crippen LogP) is 2.63. The third-order valence-electron chi connectivity index (χ3n) is 3.68. The van der Waals surface area contributed by atoms with Gasteiger partial charge in [0, 0.05) is 25.1 Å². The second-order valence-corrected chi connectivity index (χ2v) is 6.48. The largest absolute Gasteiger partial charge is 0.461 e. The average molecular weight is 298 g/mol. The Kier molecular flexibility index (Phi) is 4.65. The number of thiazole rings is 1. The van der Waals surface area contributed by atoms with Gasteiger partial charge < -0.3 is 14.4 Å². The minimum Gasteiger partial charge on any atom is -0.461 e. The number of methoxy groups -OCH3 is 1. The van der Waals surface area contributed by atoms with Gasteiger partial charge in [-0.2, -0.15) is 0 Å². The van der Waals surface area contributed by atoms with Crippen molar-refractivity contribution in [3.63, 3.8) is 0 Å². The van der Waals surface area contributed by atoms with Gasteiger partial charge >= 0.3 is 5.97 Å². The molecule has 0 N–H and O–H groups in total. The molecule has 1 atom stereocenters. The van der Waals surface area contributed by atoms with Crippen LogP contribution < -0.4 is 4.90 Å². The Labute approximate surface area is 123 Å². The maximum Gasteiger partial charge on any atom is 0.358 e. The second kappa shape index (κ2) is 6.10. The SMILES string of the molecule is CCOC(=O)c1nc(N2CCCC(C)(OC)C2)sc1C. The van der Waals surface area contributed by atoms with E-state index in [0.717, 1.165) is 35.9 Å². The Morgan fingerprint density at radius 1 is 1.55 bits per heavy atom. The summed E-state index contributed by atoms with van der Waals surface area (Å²) in [6.45, 7) is 7.96. The van der Waals surface area contributed by atoms with Gasteiger partial charge in [-0.1, -0.05) is 0 Å². The van der Waals surface area contributed by atoms with E-state index in [1.54, 1.807) is 25.4 Å². The summed E-state index contributed by atoms with van der Waals surface area (Å²) in [5.41, 5.74) is 0.304. The third-order valence-corrected chi connectivity index (χ3v) is 4.71. The number of piperidine rings is 1. The lowest BCUT2D eigenvalue weighted by Crippen LogP contribution is -2.47. The van der Waals surface area contributed by atoms with E-state index < -0.39 is 0 Å². The fourth-order valence-corrected chi connectivity index (χ4v) is 3.36. The highest BCUT2D eigenvalue weighted by Crippen LogP contribution is 2.32. The minimum absolute atomic E-state index is 0.137. The molecule has 0 spiro atoms. The summed E-state index contributed by atoms with van der Waals surface area (Å²) in [6.07, 6.45) is 2.12. The molecule has 1 saturated heterocycles. The number of esters is 1. The van der Waals surface area contributed by atoms with Crippen molar-refractivity contribution in [3.8, 4) is 0 Å². The zero-order chi connectivity index (χ0) is 14.8. The number of carbonyl (C=O) groups is 1. The fraction of sp³-hybridized carbons (Fsp3) is 0.714. The number of aromatic nitrogens is 1. The lowest BCUT2D eigenvalue weighted by molar-refractivity contribution is -0.00466. The summed E-state index contributed by atoms with van der Waals surface area (Å²) >= 11 is 1.54. The molecule has 6 heteroatoms. The molecule has 1 aliphatic rings. The molecule has 1 unspecified atom stereocenters. The van der Waals surface area contributed by atoms with Gasteiger partial charge in [0.25, 0.3) is 0 Å². The molecule has 1 fully saturated rings. The lowest BCUT2D eigenvalue weighted by Gasteiger charge is -2.39. The van der Waals surface area contributed by atoms with Crippen molar-refractivity contribution >= 4 is 22.4 Å². The predicted molar refractivity (Wildman–Crippen MR) is 79.7 cm³/mol. The molecular formula is C14H22N2O3S. The topological polar surface area (TPSA) is 51.7 Å². The van der Waals surface area contributed by atoms with Crippen LogP contribution in [0.3, 0.4) is 0 Å². The summed E-state index contributed by atoms with van der Waals surface area (Å²) in [4.78, 5) is 19.4. The Bertz CT molecular complexity index is 489. The van der Waals surface area contributed by atoms with Crippen molar-refractivity contribution in [3.05, 3.63) is 10.6 Å². The monoisotopic (exact) mass is 298 g/mol. The number of aryl methyl sites for hydroxylation is 1. The molecular weight excluding hydrogens is 276 g/mol. The highest BCUT2D eigenvalue weighted by Gasteiger charge is 2.32. The second-order valence-electron chi connectivity index (χ2n) is 5.30. The van der Waals surface area contributed by atoms with E-state index in [1.165, 1.54) is 0 Å². The molecule has 2 rings (SSSR count). The van der Waals surface area contributed by atoms with Crippen LogP contribution in [0.4, 0.5) is 5.13 Å². The van der Waals surface area contributed by atoms with E-state index in [2.05, 4.69) is 16.8 Å². The molecule has 0 aromatic carbocycles. The maximum absolute atomic E-state index is 11.8. The van der Waals surface area contributed by atoms with Gasteiger partial charge in [-0.25, -0.2) is 9.78 Å². The van der Waals surface area contributed by atoms with E-state index in [-0.39, 0.29) is 11.6 Å². The van der Waals surface area contributed by atoms with Crippen molar-refractivity contribution in [2.45, 2.75) is 39.2 Å². The number of hydrogen-bond donors (Lipinski definition) is 0. The van der Waals surface area contributed by atoms with Crippen LogP contribution in [0.1, 0.15) is 42.1 Å². The highest BCUT2D eigenvalue weighted by atomic mass is 32.1. The average Bonchev–Trinajstić information content (AvgIpc) is 2.81. The van der Waals surface area contributed by atoms with Crippen LogP contribution in [0.2, 0.25) is 0 Å². The summed E-state index contributed by atoms with van der Waals surface area (Å²) in [5.74, 6) is -0.334. The molecule has 0 saturated carbocycles. The van der Waals surface area contributed by atoms with Crippen LogP contribution in [0.5, 0.6) is 0 Å². The van der Waals surface area contributed by atoms with Gasteiger partial charge in [-0.15, -0.1) is 11.3 Å². The van der Waals surface area contributed by atoms with E-state index >= 15 is 0 Å². The molecule has 5 nitrogen and oxygen atoms in total. The first-order valence-electron chi connectivity index (χ1n) is 6.94. The number of hydrogen-bond acceptors (Lipinski definition) is 6. The Morgan fingerprint density at radius 3 is 2.95 bits per heavy atom. The van der Waals surface area contributed by atoms with Crippen molar-refractivity contribution < 1.29 is 14.3 Å². The van der Waals surface area contributed by atoms with E-state index in [1.807, 2.05) is 6.92 Å². The van der Waals surface area contributed by atoms with Gasteiger partial charge in [0.2, 0.25) is 0 Å². The molecule has 1 aliphatic heterocycles. The van der Waals surface area contributed by atoms with Gasteiger partial charge in [0.05, 0.1) is 12.2 Å². The van der Waals surface area contributed by atoms with Crippen LogP contribution in [0, 0.1) is 6.92 Å². The van der Waals surface area contributed by atoms with Gasteiger partial charge in [-0.3, -0.25) is 0 Å². The molecule has 20 heavy (non-hydrogen) atoms. The van der Waals surface area contributed by atoms with Gasteiger partial charge in [0.1, 0.15) is 0 Å². The normalized spacial score (nSPS) is 22.9. The van der Waals surface area contributed by atoms with Crippen LogP contribution in [-0.2, 0) is 9.47 Å². The zero-order valence-corrected chi connectivity index (χ0v) is 13.4. The first-order chi connectivity index (χ1) is 9.49. The van der Waals surface area contributed by atoms with Crippen molar-refractivity contribution in [2.24, 2.45) is 0 Å². The summed E-state index contributed by atoms with van der Waals surface area (Å²) in [7, 11) is 1.75. The summed E-state index contributed by atoms with van der Waals surface area (Å²) < 4.78 is 10.6. The van der Waals surface area contributed by atoms with Gasteiger partial charge in [0.15, 0.2) is 10.8 Å². The number of anilines is 1. The van der Waals surface area contributed by atoms with Crippen LogP contribution in [0.25, 0.3) is 0 Å². The van der Waals surface area contributed by atoms with Crippen molar-refractivity contribution in [1.29, 1.82) is 0 Å². The molecule has 2 heterocycles. The molecule has 0 bridgehead atoms. The molecule has 0 amide bonds. The van der Waals surface area contributed by atoms with E-state index in [9.17, 15) is 4.79 Å². The van der Waals surface area contributed by atoms with E-state index in [4.69, 9.17) is 9.47 Å². The molecule has 0 radical (unpaired) electrons.